The molecule has 6 heteroatoms. The Morgan fingerprint density at radius 1 is 0.266 bits per heavy atom. The fraction of sp³-hybridized carbons (Fsp3) is 0.795. The van der Waals surface area contributed by atoms with E-state index in [4.69, 9.17) is 14.2 Å². The van der Waals surface area contributed by atoms with Gasteiger partial charge < -0.3 is 14.2 Å². The number of allylic oxidation sites excluding steroid dienone is 12. The van der Waals surface area contributed by atoms with Gasteiger partial charge >= 0.3 is 17.9 Å². The first kappa shape index (κ1) is 75.8. The summed E-state index contributed by atoms with van der Waals surface area (Å²) in [7, 11) is 0. The molecule has 79 heavy (non-hydrogen) atoms. The van der Waals surface area contributed by atoms with E-state index in [1.165, 1.54) is 218 Å². The van der Waals surface area contributed by atoms with Crippen molar-refractivity contribution < 1.29 is 28.6 Å². The molecule has 0 bridgehead atoms. The molecule has 0 aliphatic rings. The lowest BCUT2D eigenvalue weighted by atomic mass is 10.0. The van der Waals surface area contributed by atoms with Crippen LogP contribution in [-0.2, 0) is 28.6 Å². The van der Waals surface area contributed by atoms with Gasteiger partial charge in [0.15, 0.2) is 6.10 Å². The van der Waals surface area contributed by atoms with E-state index in [2.05, 4.69) is 93.7 Å². The number of rotatable bonds is 63. The molecule has 0 spiro atoms. The van der Waals surface area contributed by atoms with Gasteiger partial charge in [-0.05, 0) is 89.9 Å². The molecule has 0 rings (SSSR count). The number of carbonyl (C=O) groups is 3. The van der Waals surface area contributed by atoms with Gasteiger partial charge in [0.25, 0.3) is 0 Å². The minimum absolute atomic E-state index is 0.0768. The van der Waals surface area contributed by atoms with Gasteiger partial charge in [0.05, 0.1) is 0 Å². The number of hydrogen-bond acceptors (Lipinski definition) is 6. The summed E-state index contributed by atoms with van der Waals surface area (Å²) in [4.78, 5) is 38.5. The van der Waals surface area contributed by atoms with Crippen LogP contribution in [0, 0.1) is 0 Å². The first-order valence-corrected chi connectivity index (χ1v) is 34.4. The van der Waals surface area contributed by atoms with Gasteiger partial charge in [-0.3, -0.25) is 14.4 Å². The van der Waals surface area contributed by atoms with E-state index in [9.17, 15) is 14.4 Å². The van der Waals surface area contributed by atoms with Crippen LogP contribution in [0.25, 0.3) is 0 Å². The van der Waals surface area contributed by atoms with E-state index in [0.717, 1.165) is 96.3 Å². The highest BCUT2D eigenvalue weighted by molar-refractivity contribution is 5.71. The van der Waals surface area contributed by atoms with Crippen molar-refractivity contribution in [3.05, 3.63) is 72.9 Å². The molecule has 0 radical (unpaired) electrons. The number of unbranched alkanes of at least 4 members (excludes halogenated alkanes) is 40. The second-order valence-electron chi connectivity index (χ2n) is 23.1. The minimum atomic E-state index is -0.781. The second kappa shape index (κ2) is 67.4. The minimum Gasteiger partial charge on any atom is -0.462 e. The number of carbonyl (C=O) groups excluding carboxylic acids is 3. The SMILES string of the molecule is CC/C=C\C/C=C\C/C=C\C/C=C\CCCCCCCCCCCCC(=O)OCC(COC(=O)CCCCCCCCC/C=C\C/C=C\CCCCCC)OC(=O)CCCCCCCCCCCCCCCCCCCCCC. The van der Waals surface area contributed by atoms with Crippen LogP contribution in [0.5, 0.6) is 0 Å². The highest BCUT2D eigenvalue weighted by atomic mass is 16.6. The van der Waals surface area contributed by atoms with Crippen LogP contribution in [0.15, 0.2) is 72.9 Å². The zero-order valence-electron chi connectivity index (χ0n) is 52.6. The summed E-state index contributed by atoms with van der Waals surface area (Å²) in [6, 6.07) is 0. The Morgan fingerprint density at radius 3 is 0.785 bits per heavy atom. The van der Waals surface area contributed by atoms with Crippen molar-refractivity contribution >= 4 is 17.9 Å². The van der Waals surface area contributed by atoms with Crippen LogP contribution in [0.2, 0.25) is 0 Å². The number of esters is 3. The molecular weight excluding hydrogens is 973 g/mol. The maximum Gasteiger partial charge on any atom is 0.306 e. The predicted octanol–water partition coefficient (Wildman–Crippen LogP) is 23.7. The zero-order chi connectivity index (χ0) is 57.1. The Hall–Kier alpha value is -3.15. The molecule has 0 amide bonds. The Morgan fingerprint density at radius 2 is 0.494 bits per heavy atom. The molecule has 0 aromatic heterocycles. The third-order valence-electron chi connectivity index (χ3n) is 15.2. The summed E-state index contributed by atoms with van der Waals surface area (Å²) >= 11 is 0. The van der Waals surface area contributed by atoms with Crippen LogP contribution in [-0.4, -0.2) is 37.2 Å². The number of hydrogen-bond donors (Lipinski definition) is 0. The Balaban J connectivity index is 4.35. The lowest BCUT2D eigenvalue weighted by Crippen LogP contribution is -2.30. The zero-order valence-corrected chi connectivity index (χ0v) is 52.6. The van der Waals surface area contributed by atoms with Crippen molar-refractivity contribution in [2.24, 2.45) is 0 Å². The molecule has 6 nitrogen and oxygen atoms in total. The summed E-state index contributed by atoms with van der Waals surface area (Å²) in [6.07, 6.45) is 87.7. The summed E-state index contributed by atoms with van der Waals surface area (Å²) in [5.74, 6) is -0.866. The van der Waals surface area contributed by atoms with Crippen molar-refractivity contribution in [2.45, 2.75) is 361 Å². The van der Waals surface area contributed by atoms with Crippen LogP contribution in [0.4, 0.5) is 0 Å². The maximum atomic E-state index is 13.0. The van der Waals surface area contributed by atoms with E-state index in [0.29, 0.717) is 19.3 Å². The molecule has 0 aliphatic carbocycles. The first-order valence-electron chi connectivity index (χ1n) is 34.4. The van der Waals surface area contributed by atoms with Crippen molar-refractivity contribution in [2.75, 3.05) is 13.2 Å². The lowest BCUT2D eigenvalue weighted by molar-refractivity contribution is -0.167. The summed E-state index contributed by atoms with van der Waals surface area (Å²) in [5, 5.41) is 0. The average Bonchev–Trinajstić information content (AvgIpc) is 3.45. The molecule has 0 aromatic rings. The quantitative estimate of drug-likeness (QED) is 0.0261. The van der Waals surface area contributed by atoms with E-state index in [1.807, 2.05) is 0 Å². The van der Waals surface area contributed by atoms with Crippen LogP contribution >= 0.6 is 0 Å². The van der Waals surface area contributed by atoms with Crippen molar-refractivity contribution in [3.63, 3.8) is 0 Å². The largest absolute Gasteiger partial charge is 0.462 e. The molecule has 0 aliphatic heterocycles. The van der Waals surface area contributed by atoms with Crippen molar-refractivity contribution in [3.8, 4) is 0 Å². The summed E-state index contributed by atoms with van der Waals surface area (Å²) in [6.45, 7) is 6.56. The van der Waals surface area contributed by atoms with Gasteiger partial charge in [0.2, 0.25) is 0 Å². The van der Waals surface area contributed by atoms with Crippen LogP contribution in [0.1, 0.15) is 355 Å². The summed E-state index contributed by atoms with van der Waals surface area (Å²) < 4.78 is 17.0. The first-order chi connectivity index (χ1) is 39.0. The Kier molecular flexibility index (Phi) is 64.7. The molecule has 0 heterocycles. The monoisotopic (exact) mass is 1100 g/mol. The lowest BCUT2D eigenvalue weighted by Gasteiger charge is -2.18. The van der Waals surface area contributed by atoms with Crippen LogP contribution in [0.3, 0.4) is 0 Å². The van der Waals surface area contributed by atoms with Gasteiger partial charge in [-0.1, -0.05) is 318 Å². The number of ether oxygens (including phenoxy) is 3. The van der Waals surface area contributed by atoms with E-state index in [1.54, 1.807) is 0 Å². The molecule has 0 saturated heterocycles. The molecule has 1 unspecified atom stereocenters. The molecule has 0 saturated carbocycles. The fourth-order valence-corrected chi connectivity index (χ4v) is 10.1. The Bertz CT molecular complexity index is 1450. The normalized spacial score (nSPS) is 12.5. The molecule has 0 N–H and O–H groups in total. The van der Waals surface area contributed by atoms with Gasteiger partial charge in [0.1, 0.15) is 13.2 Å². The highest BCUT2D eigenvalue weighted by Crippen LogP contribution is 2.18. The molecular formula is C73H130O6. The predicted molar refractivity (Wildman–Crippen MR) is 344 cm³/mol. The second-order valence-corrected chi connectivity index (χ2v) is 23.1. The van der Waals surface area contributed by atoms with Crippen LogP contribution < -0.4 is 0 Å². The average molecular weight is 1100 g/mol. The third kappa shape index (κ3) is 65.5. The molecule has 0 fully saturated rings. The van der Waals surface area contributed by atoms with E-state index in [-0.39, 0.29) is 31.1 Å². The molecule has 0 aromatic carbocycles. The maximum absolute atomic E-state index is 13.0. The van der Waals surface area contributed by atoms with Gasteiger partial charge in [-0.15, -0.1) is 0 Å². The highest BCUT2D eigenvalue weighted by Gasteiger charge is 2.19. The van der Waals surface area contributed by atoms with Gasteiger partial charge in [0, 0.05) is 19.3 Å². The van der Waals surface area contributed by atoms with E-state index < -0.39 is 6.10 Å². The smallest absolute Gasteiger partial charge is 0.306 e. The third-order valence-corrected chi connectivity index (χ3v) is 15.2. The van der Waals surface area contributed by atoms with Gasteiger partial charge in [-0.2, -0.15) is 0 Å². The summed E-state index contributed by atoms with van der Waals surface area (Å²) in [5.41, 5.74) is 0. The topological polar surface area (TPSA) is 78.9 Å². The van der Waals surface area contributed by atoms with Crippen molar-refractivity contribution in [1.29, 1.82) is 0 Å². The molecule has 458 valence electrons. The van der Waals surface area contributed by atoms with Crippen molar-refractivity contribution in [1.82, 2.24) is 0 Å². The molecule has 1 atom stereocenters. The van der Waals surface area contributed by atoms with E-state index >= 15 is 0 Å². The Labute approximate surface area is 491 Å². The standard InChI is InChI=1S/C73H130O6/c1-4-7-10-13-16-19-22-25-28-31-34-36-37-38-40-42-45-48-51-54-57-60-63-66-72(75)78-69-70(68-77-71(74)65-62-59-56-53-50-47-44-41-33-30-27-24-21-18-15-12-9-6-3)79-73(76)67-64-61-58-55-52-49-46-43-39-35-32-29-26-23-20-17-14-11-8-5-2/h7,10,16,19,21,24-25,28,30,33-34,36,70H,4-6,8-9,11-15,17-18,20,22-23,26-27,29,31-32,35,37-69H2,1-3H3/b10-7-,19-16-,24-21-,28-25-,33-30-,36-34-. The fourth-order valence-electron chi connectivity index (χ4n) is 10.1. The van der Waals surface area contributed by atoms with Gasteiger partial charge in [-0.25, -0.2) is 0 Å².